The second-order valence-electron chi connectivity index (χ2n) is 5.07. The molecule has 134 valence electrons. The van der Waals surface area contributed by atoms with Crippen molar-refractivity contribution in [1.29, 1.82) is 0 Å². The zero-order valence-corrected chi connectivity index (χ0v) is 16.0. The Hall–Kier alpha value is -2.43. The molecule has 0 fully saturated rings. The molecule has 0 radical (unpaired) electrons. The zero-order valence-electron chi connectivity index (χ0n) is 13.6. The molecule has 0 aliphatic heterocycles. The molecule has 1 aromatic carbocycles. The van der Waals surface area contributed by atoms with Crippen molar-refractivity contribution in [1.82, 2.24) is 20.2 Å². The summed E-state index contributed by atoms with van der Waals surface area (Å²) in [4.78, 5) is 22.8. The number of guanidine groups is 1. The van der Waals surface area contributed by atoms with Crippen LogP contribution in [0.1, 0.15) is 10.7 Å². The lowest BCUT2D eigenvalue weighted by Gasteiger charge is -2.06. The summed E-state index contributed by atoms with van der Waals surface area (Å²) in [5.41, 5.74) is 6.81. The summed E-state index contributed by atoms with van der Waals surface area (Å²) in [6, 6.07) is 8.45. The monoisotopic (exact) mass is 407 g/mol. The van der Waals surface area contributed by atoms with E-state index in [1.807, 2.05) is 6.92 Å². The number of H-pyrrole nitrogens is 1. The quantitative estimate of drug-likeness (QED) is 0.337. The number of nitrogens with one attached hydrogen (secondary N) is 2. The largest absolute Gasteiger partial charge is 0.369 e. The van der Waals surface area contributed by atoms with Crippen molar-refractivity contribution in [2.45, 2.75) is 17.0 Å². The third-order valence-electron chi connectivity index (χ3n) is 2.96. The van der Waals surface area contributed by atoms with Crippen LogP contribution in [-0.4, -0.2) is 26.1 Å². The molecular formula is C15H14ClN7OS2. The van der Waals surface area contributed by atoms with E-state index in [0.29, 0.717) is 22.2 Å². The number of nitrogens with zero attached hydrogens (tertiary/aromatic N) is 4. The lowest BCUT2D eigenvalue weighted by Crippen LogP contribution is -2.22. The molecule has 2 aromatic heterocycles. The van der Waals surface area contributed by atoms with Gasteiger partial charge < -0.3 is 11.1 Å². The zero-order chi connectivity index (χ0) is 18.5. The van der Waals surface area contributed by atoms with Crippen LogP contribution in [0.4, 0.5) is 11.6 Å². The lowest BCUT2D eigenvalue weighted by atomic mass is 10.3. The van der Waals surface area contributed by atoms with Gasteiger partial charge in [0.1, 0.15) is 5.01 Å². The van der Waals surface area contributed by atoms with Crippen LogP contribution in [0.25, 0.3) is 0 Å². The van der Waals surface area contributed by atoms with Crippen molar-refractivity contribution < 1.29 is 0 Å². The second kappa shape index (κ2) is 8.30. The van der Waals surface area contributed by atoms with Crippen LogP contribution in [0.3, 0.4) is 0 Å². The number of aryl methyl sites for hydroxylation is 1. The van der Waals surface area contributed by atoms with Gasteiger partial charge in [-0.1, -0.05) is 40.8 Å². The number of hydrogen-bond acceptors (Lipinski definition) is 7. The van der Waals surface area contributed by atoms with Gasteiger partial charge in [-0.05, 0) is 25.1 Å². The van der Waals surface area contributed by atoms with Gasteiger partial charge in [-0.25, -0.2) is 4.98 Å². The fourth-order valence-corrected chi connectivity index (χ4v) is 3.85. The number of aromatic amines is 1. The van der Waals surface area contributed by atoms with E-state index in [4.69, 9.17) is 17.3 Å². The van der Waals surface area contributed by atoms with Crippen LogP contribution in [0.2, 0.25) is 5.02 Å². The highest BCUT2D eigenvalue weighted by Crippen LogP contribution is 2.24. The maximum Gasteiger partial charge on any atom is 0.252 e. The van der Waals surface area contributed by atoms with Crippen LogP contribution in [0, 0.1) is 6.92 Å². The second-order valence-corrected chi connectivity index (χ2v) is 7.91. The Morgan fingerprint density at radius 2 is 2.27 bits per heavy atom. The standard InChI is InChI=1S/C15H14ClN7OS2/c1-8-22-23-15(26-8)25-7-11-6-12(24)20-14(19-11)21-13(17)18-10-4-2-3-9(16)5-10/h2-6H,7H2,1H3,(H4,17,18,19,20,21,24). The van der Waals surface area contributed by atoms with E-state index in [1.165, 1.54) is 29.2 Å². The summed E-state index contributed by atoms with van der Waals surface area (Å²) in [6.45, 7) is 1.88. The molecule has 4 N–H and O–H groups in total. The van der Waals surface area contributed by atoms with Crippen molar-refractivity contribution in [2.75, 3.05) is 5.32 Å². The maximum atomic E-state index is 11.8. The highest BCUT2D eigenvalue weighted by atomic mass is 35.5. The summed E-state index contributed by atoms with van der Waals surface area (Å²) in [6.07, 6.45) is 0. The fourth-order valence-electron chi connectivity index (χ4n) is 1.95. The number of halogens is 1. The average molecular weight is 408 g/mol. The Morgan fingerprint density at radius 1 is 1.42 bits per heavy atom. The number of aliphatic imine (C=N–C) groups is 1. The van der Waals surface area contributed by atoms with Crippen molar-refractivity contribution in [3.63, 3.8) is 0 Å². The minimum absolute atomic E-state index is 0.0833. The Balaban J connectivity index is 1.72. The molecule has 3 aromatic rings. The van der Waals surface area contributed by atoms with E-state index in [-0.39, 0.29) is 17.5 Å². The van der Waals surface area contributed by atoms with Gasteiger partial charge in [0.2, 0.25) is 11.9 Å². The Kier molecular flexibility index (Phi) is 5.86. The van der Waals surface area contributed by atoms with Crippen LogP contribution in [-0.2, 0) is 5.75 Å². The summed E-state index contributed by atoms with van der Waals surface area (Å²) >= 11 is 8.87. The topological polar surface area (TPSA) is 122 Å². The van der Waals surface area contributed by atoms with Gasteiger partial charge in [0.05, 0.1) is 5.69 Å². The molecule has 0 unspecified atom stereocenters. The summed E-state index contributed by atoms with van der Waals surface area (Å²) < 4.78 is 0.816. The first-order valence-electron chi connectivity index (χ1n) is 7.38. The molecule has 0 aliphatic rings. The van der Waals surface area contributed by atoms with Crippen LogP contribution >= 0.6 is 34.7 Å². The third-order valence-corrected chi connectivity index (χ3v) is 5.20. The molecule has 0 aliphatic carbocycles. The first kappa shape index (κ1) is 18.4. The number of anilines is 1. The molecule has 0 atom stereocenters. The highest BCUT2D eigenvalue weighted by molar-refractivity contribution is 8.00. The Labute approximate surface area is 162 Å². The molecule has 0 amide bonds. The first-order valence-corrected chi connectivity index (χ1v) is 9.56. The van der Waals surface area contributed by atoms with Crippen LogP contribution < -0.4 is 16.6 Å². The number of aromatic nitrogens is 4. The highest BCUT2D eigenvalue weighted by Gasteiger charge is 2.06. The molecule has 8 nitrogen and oxygen atoms in total. The van der Waals surface area contributed by atoms with E-state index < -0.39 is 0 Å². The van der Waals surface area contributed by atoms with Crippen molar-refractivity contribution >= 4 is 52.3 Å². The molecule has 0 bridgehead atoms. The number of benzene rings is 1. The van der Waals surface area contributed by atoms with Crippen molar-refractivity contribution in [3.8, 4) is 0 Å². The predicted octanol–water partition coefficient (Wildman–Crippen LogP) is 2.93. The lowest BCUT2D eigenvalue weighted by molar-refractivity contribution is 0.981. The molecule has 2 heterocycles. The van der Waals surface area contributed by atoms with E-state index in [2.05, 4.69) is 30.5 Å². The molecule has 3 rings (SSSR count). The average Bonchev–Trinajstić information content (AvgIpc) is 2.98. The van der Waals surface area contributed by atoms with E-state index in [1.54, 1.807) is 24.3 Å². The Morgan fingerprint density at radius 3 is 3.00 bits per heavy atom. The molecular weight excluding hydrogens is 394 g/mol. The number of rotatable bonds is 5. The van der Waals surface area contributed by atoms with Gasteiger partial charge in [-0.15, -0.1) is 10.2 Å². The van der Waals surface area contributed by atoms with Crippen LogP contribution in [0.15, 0.2) is 44.5 Å². The number of hydrogen-bond donors (Lipinski definition) is 3. The normalized spacial score (nSPS) is 11.5. The summed E-state index contributed by atoms with van der Waals surface area (Å²) in [7, 11) is 0. The minimum Gasteiger partial charge on any atom is -0.369 e. The van der Waals surface area contributed by atoms with Gasteiger partial charge in [0, 0.05) is 22.5 Å². The molecule has 26 heavy (non-hydrogen) atoms. The molecule has 0 saturated heterocycles. The maximum absolute atomic E-state index is 11.8. The number of thioether (sulfide) groups is 1. The molecule has 0 spiro atoms. The Bertz CT molecular complexity index is 1000. The molecule has 11 heteroatoms. The van der Waals surface area contributed by atoms with Crippen LogP contribution in [0.5, 0.6) is 0 Å². The van der Waals surface area contributed by atoms with E-state index >= 15 is 0 Å². The van der Waals surface area contributed by atoms with E-state index in [9.17, 15) is 4.79 Å². The van der Waals surface area contributed by atoms with Gasteiger partial charge in [-0.3, -0.25) is 9.78 Å². The van der Waals surface area contributed by atoms with Gasteiger partial charge in [0.15, 0.2) is 4.34 Å². The first-order chi connectivity index (χ1) is 12.5. The summed E-state index contributed by atoms with van der Waals surface area (Å²) in [5.74, 6) is 0.677. The third kappa shape index (κ3) is 5.28. The SMILES string of the molecule is Cc1nnc(SCc2cc(=O)[nH]c(/N=C(\N)Nc3cccc(Cl)c3)n2)s1. The predicted molar refractivity (Wildman–Crippen MR) is 105 cm³/mol. The number of nitrogens with two attached hydrogens (primary N) is 1. The van der Waals surface area contributed by atoms with Gasteiger partial charge >= 0.3 is 0 Å². The summed E-state index contributed by atoms with van der Waals surface area (Å²) in [5, 5.41) is 12.3. The van der Waals surface area contributed by atoms with Gasteiger partial charge in [-0.2, -0.15) is 4.99 Å². The minimum atomic E-state index is -0.307. The van der Waals surface area contributed by atoms with E-state index in [0.717, 1.165) is 9.35 Å². The van der Waals surface area contributed by atoms with Gasteiger partial charge in [0.25, 0.3) is 5.56 Å². The van der Waals surface area contributed by atoms with Crippen molar-refractivity contribution in [2.24, 2.45) is 10.7 Å². The smallest absolute Gasteiger partial charge is 0.252 e. The van der Waals surface area contributed by atoms with Crippen molar-refractivity contribution in [3.05, 3.63) is 56.4 Å². The fraction of sp³-hybridized carbons (Fsp3) is 0.133. The molecule has 0 saturated carbocycles.